The Bertz CT molecular complexity index is 576. The number of aliphatic hydroxyl groups excluding tert-OH is 1. The lowest BCUT2D eigenvalue weighted by Gasteiger charge is -2.32. The number of aliphatic hydroxyl groups is 2. The molecule has 1 aliphatic rings. The molecule has 1 aromatic rings. The van der Waals surface area contributed by atoms with Crippen LogP contribution in [0.25, 0.3) is 0 Å². The number of nitrogens with two attached hydrogens (primary N) is 2. The largest absolute Gasteiger partial charge is 0.363 e. The first-order chi connectivity index (χ1) is 9.84. The lowest BCUT2D eigenvalue weighted by Crippen LogP contribution is -2.36. The standard InChI is InChI=1S/C12H22N4O4S/c13-4-8-15-5-1-9(2-6-15)10-3-7-16(21(14,19)20)11(10)12(17)18/h3,7,9,12,17-18H,1-2,4-6,8,13H2,(H2,14,19,20). The second-order valence-electron chi connectivity index (χ2n) is 5.28. The Balaban J connectivity index is 2.24. The van der Waals surface area contributed by atoms with Gasteiger partial charge < -0.3 is 20.8 Å². The van der Waals surface area contributed by atoms with E-state index in [2.05, 4.69) is 4.90 Å². The van der Waals surface area contributed by atoms with Crippen molar-refractivity contribution >= 4 is 10.2 Å². The number of rotatable bonds is 5. The molecular weight excluding hydrogens is 296 g/mol. The molecule has 0 spiro atoms. The van der Waals surface area contributed by atoms with Gasteiger partial charge in [-0.05, 0) is 43.5 Å². The molecule has 0 aromatic carbocycles. The monoisotopic (exact) mass is 318 g/mol. The minimum atomic E-state index is -4.05. The Morgan fingerprint density at radius 3 is 2.43 bits per heavy atom. The van der Waals surface area contributed by atoms with Crippen molar-refractivity contribution in [3.8, 4) is 0 Å². The first kappa shape index (κ1) is 16.4. The number of aromatic nitrogens is 1. The summed E-state index contributed by atoms with van der Waals surface area (Å²) in [6.45, 7) is 3.14. The Labute approximate surface area is 124 Å². The number of piperidine rings is 1. The average Bonchev–Trinajstić information content (AvgIpc) is 2.85. The Morgan fingerprint density at radius 2 is 1.95 bits per heavy atom. The molecule has 0 atom stereocenters. The van der Waals surface area contributed by atoms with Crippen molar-refractivity contribution in [1.29, 1.82) is 0 Å². The molecule has 1 aromatic heterocycles. The third-order valence-corrected chi connectivity index (χ3v) is 4.78. The molecule has 2 heterocycles. The summed E-state index contributed by atoms with van der Waals surface area (Å²) in [5.74, 6) is 0.0822. The molecular formula is C12H22N4O4S. The maximum absolute atomic E-state index is 11.5. The van der Waals surface area contributed by atoms with Gasteiger partial charge in [0.05, 0.1) is 5.69 Å². The number of hydrogen-bond acceptors (Lipinski definition) is 6. The second-order valence-corrected chi connectivity index (χ2v) is 6.70. The van der Waals surface area contributed by atoms with Crippen molar-refractivity contribution in [2.24, 2.45) is 10.9 Å². The predicted octanol–water partition coefficient (Wildman–Crippen LogP) is -1.34. The molecule has 0 unspecified atom stereocenters. The highest BCUT2D eigenvalue weighted by Crippen LogP contribution is 2.33. The SMILES string of the molecule is NCCN1CCC(c2ccn(S(N)(=O)=O)c2C(O)O)CC1. The summed E-state index contributed by atoms with van der Waals surface area (Å²) in [5, 5.41) is 24.1. The molecule has 0 amide bonds. The molecule has 21 heavy (non-hydrogen) atoms. The van der Waals surface area contributed by atoms with Crippen molar-refractivity contribution in [2.45, 2.75) is 25.0 Å². The maximum Gasteiger partial charge on any atom is 0.302 e. The van der Waals surface area contributed by atoms with Crippen molar-refractivity contribution in [1.82, 2.24) is 8.87 Å². The van der Waals surface area contributed by atoms with Crippen LogP contribution in [-0.4, -0.2) is 53.7 Å². The molecule has 2 rings (SSSR count). The fourth-order valence-corrected chi connectivity index (χ4v) is 3.63. The molecule has 120 valence electrons. The van der Waals surface area contributed by atoms with E-state index in [1.54, 1.807) is 6.07 Å². The van der Waals surface area contributed by atoms with Gasteiger partial charge in [-0.1, -0.05) is 0 Å². The van der Waals surface area contributed by atoms with Gasteiger partial charge in [-0.15, -0.1) is 0 Å². The number of likely N-dealkylation sites (tertiary alicyclic amines) is 1. The molecule has 6 N–H and O–H groups in total. The van der Waals surface area contributed by atoms with Crippen LogP contribution < -0.4 is 10.9 Å². The van der Waals surface area contributed by atoms with Gasteiger partial charge in [-0.3, -0.25) is 0 Å². The van der Waals surface area contributed by atoms with Crippen LogP contribution >= 0.6 is 0 Å². The molecule has 9 heteroatoms. The van der Waals surface area contributed by atoms with Crippen molar-refractivity contribution in [3.63, 3.8) is 0 Å². The molecule has 1 fully saturated rings. The number of nitrogens with zero attached hydrogens (tertiary/aromatic N) is 2. The van der Waals surface area contributed by atoms with Crippen molar-refractivity contribution in [2.75, 3.05) is 26.2 Å². The molecule has 0 aliphatic carbocycles. The molecule has 0 radical (unpaired) electrons. The topological polar surface area (TPSA) is 135 Å². The van der Waals surface area contributed by atoms with E-state index < -0.39 is 16.5 Å². The summed E-state index contributed by atoms with van der Waals surface area (Å²) in [5.41, 5.74) is 6.10. The second kappa shape index (κ2) is 6.42. The smallest absolute Gasteiger partial charge is 0.302 e. The quantitative estimate of drug-likeness (QED) is 0.496. The third kappa shape index (κ3) is 3.62. The van der Waals surface area contributed by atoms with Gasteiger partial charge in [-0.2, -0.15) is 8.42 Å². The normalized spacial score (nSPS) is 18.5. The van der Waals surface area contributed by atoms with Gasteiger partial charge in [0.1, 0.15) is 0 Å². The zero-order valence-electron chi connectivity index (χ0n) is 11.7. The fraction of sp³-hybridized carbons (Fsp3) is 0.667. The van der Waals surface area contributed by atoms with Gasteiger partial charge >= 0.3 is 10.2 Å². The van der Waals surface area contributed by atoms with Gasteiger partial charge in [0, 0.05) is 19.3 Å². The van der Waals surface area contributed by atoms with E-state index in [-0.39, 0.29) is 11.6 Å². The average molecular weight is 318 g/mol. The van der Waals surface area contributed by atoms with Gasteiger partial charge in [-0.25, -0.2) is 9.11 Å². The van der Waals surface area contributed by atoms with Crippen molar-refractivity contribution < 1.29 is 18.6 Å². The van der Waals surface area contributed by atoms with E-state index >= 15 is 0 Å². The highest BCUT2D eigenvalue weighted by Gasteiger charge is 2.28. The summed E-state index contributed by atoms with van der Waals surface area (Å²) < 4.78 is 23.7. The Kier molecular flexibility index (Phi) is 5.02. The van der Waals surface area contributed by atoms with Gasteiger partial charge in [0.15, 0.2) is 6.29 Å². The molecule has 0 saturated carbocycles. The minimum absolute atomic E-state index is 0.0604. The first-order valence-electron chi connectivity index (χ1n) is 6.87. The Hall–Kier alpha value is -0.970. The molecule has 1 saturated heterocycles. The summed E-state index contributed by atoms with van der Waals surface area (Å²) >= 11 is 0. The van der Waals surface area contributed by atoms with E-state index in [1.165, 1.54) is 6.20 Å². The van der Waals surface area contributed by atoms with E-state index in [0.717, 1.165) is 36.4 Å². The van der Waals surface area contributed by atoms with Crippen LogP contribution in [0.4, 0.5) is 0 Å². The maximum atomic E-state index is 11.5. The highest BCUT2D eigenvalue weighted by molar-refractivity contribution is 7.87. The van der Waals surface area contributed by atoms with Crippen LogP contribution in [0.5, 0.6) is 0 Å². The zero-order chi connectivity index (χ0) is 15.6. The lowest BCUT2D eigenvalue weighted by molar-refractivity contribution is -0.0473. The van der Waals surface area contributed by atoms with E-state index in [4.69, 9.17) is 10.9 Å². The lowest BCUT2D eigenvalue weighted by atomic mass is 9.89. The van der Waals surface area contributed by atoms with Crippen molar-refractivity contribution in [3.05, 3.63) is 23.5 Å². The van der Waals surface area contributed by atoms with Crippen LogP contribution in [0, 0.1) is 0 Å². The van der Waals surface area contributed by atoms with Crippen LogP contribution in [0.15, 0.2) is 12.3 Å². The third-order valence-electron chi connectivity index (χ3n) is 3.91. The Morgan fingerprint density at radius 1 is 1.33 bits per heavy atom. The van der Waals surface area contributed by atoms with E-state index in [0.29, 0.717) is 12.1 Å². The van der Waals surface area contributed by atoms with Crippen LogP contribution in [0.1, 0.15) is 36.3 Å². The summed E-state index contributed by atoms with van der Waals surface area (Å²) in [6.07, 6.45) is 1.02. The van der Waals surface area contributed by atoms with Crippen LogP contribution in [0.2, 0.25) is 0 Å². The highest BCUT2D eigenvalue weighted by atomic mass is 32.2. The number of hydrogen-bond donors (Lipinski definition) is 4. The van der Waals surface area contributed by atoms with Gasteiger partial charge in [0.25, 0.3) is 0 Å². The minimum Gasteiger partial charge on any atom is -0.363 e. The zero-order valence-corrected chi connectivity index (χ0v) is 12.5. The summed E-state index contributed by atoms with van der Waals surface area (Å²) in [7, 11) is -4.05. The summed E-state index contributed by atoms with van der Waals surface area (Å²) in [4.78, 5) is 2.24. The summed E-state index contributed by atoms with van der Waals surface area (Å²) in [6, 6.07) is 1.60. The molecule has 0 bridgehead atoms. The van der Waals surface area contributed by atoms with Gasteiger partial charge in [0.2, 0.25) is 0 Å². The van der Waals surface area contributed by atoms with E-state index in [1.807, 2.05) is 0 Å². The first-order valence-corrected chi connectivity index (χ1v) is 8.38. The molecule has 8 nitrogen and oxygen atoms in total. The van der Waals surface area contributed by atoms with E-state index in [9.17, 15) is 18.6 Å². The predicted molar refractivity (Wildman–Crippen MR) is 77.6 cm³/mol. The van der Waals surface area contributed by atoms with Crippen LogP contribution in [0.3, 0.4) is 0 Å². The van der Waals surface area contributed by atoms with Crippen LogP contribution in [-0.2, 0) is 10.2 Å². The fourth-order valence-electron chi connectivity index (χ4n) is 2.92. The molecule has 1 aliphatic heterocycles.